The van der Waals surface area contributed by atoms with Crippen LogP contribution in [0, 0.1) is 0 Å². The lowest BCUT2D eigenvalue weighted by Crippen LogP contribution is -2.47. The molecule has 2 aromatic carbocycles. The molecule has 3 aromatic rings. The normalized spacial score (nSPS) is 20.0. The SMILES string of the molecule is O=C1COc2cc(cc(N3CCN(C4CC4)CC3)c2)-c2n[nH]c3ccc(cc23)OCCCN1. The lowest BCUT2D eigenvalue weighted by molar-refractivity contribution is -0.123. The molecule has 8 nitrogen and oxygen atoms in total. The van der Waals surface area contributed by atoms with E-state index in [2.05, 4.69) is 31.4 Å². The topological polar surface area (TPSA) is 82.7 Å². The second kappa shape index (κ2) is 8.59. The Bertz CT molecular complexity index is 1160. The fraction of sp³-hybridized carbons (Fsp3) is 0.440. The highest BCUT2D eigenvalue weighted by atomic mass is 16.5. The lowest BCUT2D eigenvalue weighted by Gasteiger charge is -2.36. The van der Waals surface area contributed by atoms with Crippen LogP contribution in [-0.2, 0) is 4.79 Å². The van der Waals surface area contributed by atoms with E-state index in [0.717, 1.165) is 72.2 Å². The van der Waals surface area contributed by atoms with Crippen LogP contribution < -0.4 is 19.7 Å². The first-order chi connectivity index (χ1) is 16.2. The van der Waals surface area contributed by atoms with Gasteiger partial charge in [0.25, 0.3) is 5.91 Å². The van der Waals surface area contributed by atoms with Crippen LogP contribution >= 0.6 is 0 Å². The average molecular weight is 448 g/mol. The van der Waals surface area contributed by atoms with Crippen LogP contribution in [0.3, 0.4) is 0 Å². The third-order valence-electron chi connectivity index (χ3n) is 6.72. The van der Waals surface area contributed by atoms with E-state index < -0.39 is 0 Å². The van der Waals surface area contributed by atoms with Gasteiger partial charge in [-0.2, -0.15) is 5.10 Å². The summed E-state index contributed by atoms with van der Waals surface area (Å²) in [4.78, 5) is 17.3. The van der Waals surface area contributed by atoms with E-state index in [9.17, 15) is 4.79 Å². The summed E-state index contributed by atoms with van der Waals surface area (Å²) in [6.07, 6.45) is 3.41. The molecule has 33 heavy (non-hydrogen) atoms. The molecule has 1 aliphatic carbocycles. The molecule has 1 amide bonds. The van der Waals surface area contributed by atoms with Crippen LogP contribution in [0.15, 0.2) is 36.4 Å². The van der Waals surface area contributed by atoms with Crippen molar-refractivity contribution in [2.24, 2.45) is 0 Å². The van der Waals surface area contributed by atoms with Crippen molar-refractivity contribution in [3.05, 3.63) is 36.4 Å². The molecule has 172 valence electrons. The maximum Gasteiger partial charge on any atom is 0.257 e. The molecule has 3 heterocycles. The van der Waals surface area contributed by atoms with Crippen LogP contribution in [-0.4, -0.2) is 73.0 Å². The first-order valence-corrected chi connectivity index (χ1v) is 11.9. The van der Waals surface area contributed by atoms with Gasteiger partial charge in [-0.15, -0.1) is 0 Å². The Hall–Kier alpha value is -3.26. The summed E-state index contributed by atoms with van der Waals surface area (Å²) in [6.45, 7) is 5.21. The minimum Gasteiger partial charge on any atom is -0.494 e. The predicted molar refractivity (Wildman–Crippen MR) is 127 cm³/mol. The van der Waals surface area contributed by atoms with E-state index in [1.54, 1.807) is 0 Å². The number of fused-ring (bicyclic) bond motifs is 4. The molecule has 1 aromatic heterocycles. The zero-order valence-corrected chi connectivity index (χ0v) is 18.7. The number of amides is 1. The van der Waals surface area contributed by atoms with Gasteiger partial charge in [-0.1, -0.05) is 0 Å². The molecule has 6 rings (SSSR count). The number of aromatic amines is 1. The number of H-pyrrole nitrogens is 1. The Morgan fingerprint density at radius 2 is 1.85 bits per heavy atom. The molecule has 0 radical (unpaired) electrons. The largest absolute Gasteiger partial charge is 0.494 e. The van der Waals surface area contributed by atoms with Crippen molar-refractivity contribution in [1.29, 1.82) is 0 Å². The summed E-state index contributed by atoms with van der Waals surface area (Å²) in [5.74, 6) is 1.36. The van der Waals surface area contributed by atoms with Gasteiger partial charge >= 0.3 is 0 Å². The van der Waals surface area contributed by atoms with E-state index in [1.165, 1.54) is 12.8 Å². The number of carbonyl (C=O) groups is 1. The van der Waals surface area contributed by atoms with E-state index in [4.69, 9.17) is 9.47 Å². The van der Waals surface area contributed by atoms with Crippen molar-refractivity contribution in [2.45, 2.75) is 25.3 Å². The number of rotatable bonds is 2. The fourth-order valence-corrected chi connectivity index (χ4v) is 4.76. The van der Waals surface area contributed by atoms with E-state index in [1.807, 2.05) is 30.3 Å². The number of hydrogen-bond donors (Lipinski definition) is 2. The quantitative estimate of drug-likeness (QED) is 0.629. The highest BCUT2D eigenvalue weighted by Crippen LogP contribution is 2.35. The number of piperazine rings is 1. The number of hydrogen-bond acceptors (Lipinski definition) is 6. The molecule has 8 heteroatoms. The number of benzene rings is 2. The molecular formula is C25H29N5O3. The van der Waals surface area contributed by atoms with Crippen LogP contribution in [0.4, 0.5) is 5.69 Å². The van der Waals surface area contributed by atoms with Gasteiger partial charge in [0.05, 0.1) is 12.1 Å². The molecule has 3 aliphatic rings. The van der Waals surface area contributed by atoms with Crippen molar-refractivity contribution in [2.75, 3.05) is 50.8 Å². The highest BCUT2D eigenvalue weighted by Gasteiger charge is 2.31. The van der Waals surface area contributed by atoms with E-state index in [-0.39, 0.29) is 12.5 Å². The molecule has 0 atom stereocenters. The molecule has 2 fully saturated rings. The zero-order chi connectivity index (χ0) is 22.2. The number of ether oxygens (including phenoxy) is 2. The Morgan fingerprint density at radius 1 is 0.970 bits per heavy atom. The highest BCUT2D eigenvalue weighted by molar-refractivity contribution is 5.94. The summed E-state index contributed by atoms with van der Waals surface area (Å²) < 4.78 is 11.9. The van der Waals surface area contributed by atoms with Crippen LogP contribution in [0.2, 0.25) is 0 Å². The molecule has 2 N–H and O–H groups in total. The van der Waals surface area contributed by atoms with Gasteiger partial charge in [-0.25, -0.2) is 0 Å². The third-order valence-corrected chi connectivity index (χ3v) is 6.72. The van der Waals surface area contributed by atoms with Gasteiger partial charge in [-0.3, -0.25) is 14.8 Å². The minimum atomic E-state index is -0.127. The Labute approximate surface area is 192 Å². The van der Waals surface area contributed by atoms with Crippen molar-refractivity contribution < 1.29 is 14.3 Å². The number of nitrogens with one attached hydrogen (secondary N) is 2. The Morgan fingerprint density at radius 3 is 2.70 bits per heavy atom. The Kier molecular flexibility index (Phi) is 5.30. The van der Waals surface area contributed by atoms with Crippen molar-refractivity contribution >= 4 is 22.5 Å². The minimum absolute atomic E-state index is 0.0110. The standard InChI is InChI=1S/C25H29N5O3/c31-24-16-33-21-13-17(12-19(14-21)30-9-7-29(8-10-30)18-2-3-18)25-22-15-20(32-11-1-6-26-24)4-5-23(22)27-28-25/h4-5,12-15,18H,1-3,6-11,16H2,(H,26,31)(H,27,28). The van der Waals surface area contributed by atoms with Crippen LogP contribution in [0.5, 0.6) is 11.5 Å². The van der Waals surface area contributed by atoms with Gasteiger partial charge < -0.3 is 19.7 Å². The van der Waals surface area contributed by atoms with Gasteiger partial charge in [0, 0.05) is 61.5 Å². The maximum atomic E-state index is 12.3. The second-order valence-corrected chi connectivity index (χ2v) is 9.09. The number of carbonyl (C=O) groups excluding carboxylic acids is 1. The smallest absolute Gasteiger partial charge is 0.257 e. The van der Waals surface area contributed by atoms with Crippen molar-refractivity contribution in [3.8, 4) is 22.8 Å². The average Bonchev–Trinajstić information content (AvgIpc) is 3.61. The molecule has 1 saturated heterocycles. The molecular weight excluding hydrogens is 418 g/mol. The van der Waals surface area contributed by atoms with Gasteiger partial charge in [0.15, 0.2) is 6.61 Å². The van der Waals surface area contributed by atoms with Crippen molar-refractivity contribution in [1.82, 2.24) is 20.4 Å². The number of aromatic nitrogens is 2. The maximum absolute atomic E-state index is 12.3. The van der Waals surface area contributed by atoms with Crippen LogP contribution in [0.25, 0.3) is 22.2 Å². The summed E-state index contributed by atoms with van der Waals surface area (Å²) in [6, 6.07) is 13.0. The summed E-state index contributed by atoms with van der Waals surface area (Å²) in [5.41, 5.74) is 3.89. The summed E-state index contributed by atoms with van der Waals surface area (Å²) in [5, 5.41) is 11.7. The first-order valence-electron chi connectivity index (χ1n) is 11.9. The molecule has 0 spiro atoms. The van der Waals surface area contributed by atoms with Crippen LogP contribution in [0.1, 0.15) is 19.3 Å². The predicted octanol–water partition coefficient (Wildman–Crippen LogP) is 2.79. The van der Waals surface area contributed by atoms with Gasteiger partial charge in [-0.05, 0) is 49.6 Å². The molecule has 2 aliphatic heterocycles. The third kappa shape index (κ3) is 4.35. The molecule has 0 unspecified atom stereocenters. The fourth-order valence-electron chi connectivity index (χ4n) is 4.76. The van der Waals surface area contributed by atoms with Gasteiger partial charge in [0.1, 0.15) is 17.2 Å². The monoisotopic (exact) mass is 447 g/mol. The van der Waals surface area contributed by atoms with Gasteiger partial charge in [0.2, 0.25) is 0 Å². The molecule has 4 bridgehead atoms. The lowest BCUT2D eigenvalue weighted by atomic mass is 10.1. The number of nitrogens with zero attached hydrogens (tertiary/aromatic N) is 3. The summed E-state index contributed by atoms with van der Waals surface area (Å²) in [7, 11) is 0. The van der Waals surface area contributed by atoms with E-state index >= 15 is 0 Å². The first kappa shape index (κ1) is 20.4. The second-order valence-electron chi connectivity index (χ2n) is 9.09. The van der Waals surface area contributed by atoms with E-state index in [0.29, 0.717) is 18.9 Å². The zero-order valence-electron chi connectivity index (χ0n) is 18.7. The van der Waals surface area contributed by atoms with Crippen molar-refractivity contribution in [3.63, 3.8) is 0 Å². The molecule has 1 saturated carbocycles. The number of anilines is 1. The summed E-state index contributed by atoms with van der Waals surface area (Å²) >= 11 is 0. The Balaban J connectivity index is 1.37.